The number of aliphatic imine (C=N–C) groups is 1. The van der Waals surface area contributed by atoms with Gasteiger partial charge in [0, 0.05) is 33.1 Å². The molecule has 0 saturated carbocycles. The van der Waals surface area contributed by atoms with Gasteiger partial charge in [0.2, 0.25) is 5.91 Å². The Labute approximate surface area is 206 Å². The van der Waals surface area contributed by atoms with Gasteiger partial charge in [-0.1, -0.05) is 42.5 Å². The van der Waals surface area contributed by atoms with Crippen molar-refractivity contribution in [3.05, 3.63) is 71.3 Å². The van der Waals surface area contributed by atoms with Gasteiger partial charge in [0.25, 0.3) is 0 Å². The molecule has 32 heavy (non-hydrogen) atoms. The van der Waals surface area contributed by atoms with Gasteiger partial charge in [0.15, 0.2) is 5.96 Å². The smallest absolute Gasteiger partial charge is 0.338 e. The molecule has 2 aromatic rings. The molecule has 1 heterocycles. The molecular weight excluding hydrogens is 519 g/mol. The SMILES string of the molecule is CN=C(NCc1cccc(C(=O)OCc2ccccc2)c1)N1CCCC(CC(N)=O)C1.I. The van der Waals surface area contributed by atoms with E-state index in [9.17, 15) is 9.59 Å². The second-order valence-electron chi connectivity index (χ2n) is 7.79. The molecular formula is C24H31IN4O3. The van der Waals surface area contributed by atoms with Crippen molar-refractivity contribution in [3.63, 3.8) is 0 Å². The molecule has 1 aliphatic heterocycles. The summed E-state index contributed by atoms with van der Waals surface area (Å²) in [4.78, 5) is 30.2. The maximum absolute atomic E-state index is 12.4. The first-order valence-corrected chi connectivity index (χ1v) is 10.6. The van der Waals surface area contributed by atoms with Gasteiger partial charge in [-0.2, -0.15) is 0 Å². The van der Waals surface area contributed by atoms with Crippen molar-refractivity contribution >= 4 is 41.8 Å². The van der Waals surface area contributed by atoms with Gasteiger partial charge >= 0.3 is 5.97 Å². The van der Waals surface area contributed by atoms with Crippen LogP contribution in [0.1, 0.15) is 40.7 Å². The number of amides is 1. The molecule has 1 fully saturated rings. The van der Waals surface area contributed by atoms with E-state index < -0.39 is 0 Å². The molecule has 7 nitrogen and oxygen atoms in total. The Bertz CT molecular complexity index is 920. The highest BCUT2D eigenvalue weighted by atomic mass is 127. The number of hydrogen-bond acceptors (Lipinski definition) is 4. The van der Waals surface area contributed by atoms with Gasteiger partial charge in [-0.3, -0.25) is 9.79 Å². The summed E-state index contributed by atoms with van der Waals surface area (Å²) in [7, 11) is 1.75. The molecule has 3 N–H and O–H groups in total. The molecule has 1 saturated heterocycles. The lowest BCUT2D eigenvalue weighted by molar-refractivity contribution is -0.119. The largest absolute Gasteiger partial charge is 0.457 e. The molecule has 1 atom stereocenters. The minimum absolute atomic E-state index is 0. The zero-order valence-corrected chi connectivity index (χ0v) is 20.7. The third-order valence-electron chi connectivity index (χ3n) is 5.35. The van der Waals surface area contributed by atoms with E-state index in [4.69, 9.17) is 10.5 Å². The predicted octanol–water partition coefficient (Wildman–Crippen LogP) is 3.32. The molecule has 0 aromatic heterocycles. The molecule has 172 valence electrons. The average molecular weight is 550 g/mol. The lowest BCUT2D eigenvalue weighted by Crippen LogP contribution is -2.46. The first kappa shape index (κ1) is 25.6. The molecule has 2 aromatic carbocycles. The molecule has 0 radical (unpaired) electrons. The van der Waals surface area contributed by atoms with Crippen LogP contribution in [0.2, 0.25) is 0 Å². The van der Waals surface area contributed by atoms with E-state index in [0.29, 0.717) is 18.5 Å². The van der Waals surface area contributed by atoms with Crippen molar-refractivity contribution in [1.82, 2.24) is 10.2 Å². The minimum atomic E-state index is -0.347. The van der Waals surface area contributed by atoms with Gasteiger partial charge < -0.3 is 20.7 Å². The van der Waals surface area contributed by atoms with E-state index in [1.165, 1.54) is 0 Å². The number of likely N-dealkylation sites (tertiary alicyclic amines) is 1. The fourth-order valence-electron chi connectivity index (χ4n) is 3.84. The van der Waals surface area contributed by atoms with Crippen molar-refractivity contribution in [2.75, 3.05) is 20.1 Å². The number of halogens is 1. The number of rotatable bonds is 7. The molecule has 1 unspecified atom stereocenters. The van der Waals surface area contributed by atoms with Crippen LogP contribution in [0.3, 0.4) is 0 Å². The number of primary amides is 1. The zero-order valence-electron chi connectivity index (χ0n) is 18.3. The lowest BCUT2D eigenvalue weighted by Gasteiger charge is -2.34. The molecule has 3 rings (SSSR count). The van der Waals surface area contributed by atoms with Crippen molar-refractivity contribution in [3.8, 4) is 0 Å². The Morgan fingerprint density at radius 3 is 2.62 bits per heavy atom. The summed E-state index contributed by atoms with van der Waals surface area (Å²) in [6.07, 6.45) is 2.41. The van der Waals surface area contributed by atoms with Crippen LogP contribution in [0.25, 0.3) is 0 Å². The Balaban J connectivity index is 0.00000363. The zero-order chi connectivity index (χ0) is 22.1. The standard InChI is InChI=1S/C24H30N4O3.HI/c1-26-24(28-12-6-10-20(16-28)14-22(25)29)27-15-19-9-5-11-21(13-19)23(30)31-17-18-7-3-2-4-8-18;/h2-5,7-9,11,13,20H,6,10,12,14-17H2,1H3,(H2,25,29)(H,26,27);1H. The number of piperidine rings is 1. The van der Waals surface area contributed by atoms with Crippen molar-refractivity contribution in [2.45, 2.75) is 32.4 Å². The van der Waals surface area contributed by atoms with Crippen LogP contribution in [-0.4, -0.2) is 42.9 Å². The number of nitrogens with one attached hydrogen (secondary N) is 1. The van der Waals surface area contributed by atoms with Gasteiger partial charge in [0.1, 0.15) is 6.61 Å². The predicted molar refractivity (Wildman–Crippen MR) is 136 cm³/mol. The Morgan fingerprint density at radius 1 is 1.16 bits per heavy atom. The maximum atomic E-state index is 12.4. The van der Waals surface area contributed by atoms with E-state index in [2.05, 4.69) is 15.2 Å². The number of carbonyl (C=O) groups is 2. The summed E-state index contributed by atoms with van der Waals surface area (Å²) in [5.41, 5.74) is 7.79. The average Bonchev–Trinajstić information content (AvgIpc) is 2.78. The molecule has 0 aliphatic carbocycles. The number of esters is 1. The van der Waals surface area contributed by atoms with Gasteiger partial charge in [0.05, 0.1) is 5.56 Å². The van der Waals surface area contributed by atoms with E-state index in [-0.39, 0.29) is 48.4 Å². The van der Waals surface area contributed by atoms with Crippen LogP contribution in [-0.2, 0) is 22.7 Å². The number of nitrogens with zero attached hydrogens (tertiary/aromatic N) is 2. The lowest BCUT2D eigenvalue weighted by atomic mass is 9.95. The highest BCUT2D eigenvalue weighted by molar-refractivity contribution is 14.0. The molecule has 0 spiro atoms. The van der Waals surface area contributed by atoms with E-state index in [0.717, 1.165) is 43.0 Å². The number of nitrogens with two attached hydrogens (primary N) is 1. The summed E-state index contributed by atoms with van der Waals surface area (Å²) in [5, 5.41) is 3.36. The summed E-state index contributed by atoms with van der Waals surface area (Å²) in [5.74, 6) is 0.435. The van der Waals surface area contributed by atoms with E-state index in [1.54, 1.807) is 13.1 Å². The van der Waals surface area contributed by atoms with Gasteiger partial charge in [-0.05, 0) is 42.0 Å². The van der Waals surface area contributed by atoms with Crippen LogP contribution in [0.5, 0.6) is 0 Å². The maximum Gasteiger partial charge on any atom is 0.338 e. The molecule has 1 amide bonds. The van der Waals surface area contributed by atoms with Crippen molar-refractivity contribution in [2.24, 2.45) is 16.6 Å². The number of guanidine groups is 1. The highest BCUT2D eigenvalue weighted by Crippen LogP contribution is 2.19. The fourth-order valence-corrected chi connectivity index (χ4v) is 3.84. The summed E-state index contributed by atoms with van der Waals surface area (Å²) in [6, 6.07) is 17.0. The van der Waals surface area contributed by atoms with Crippen LogP contribution >= 0.6 is 24.0 Å². The van der Waals surface area contributed by atoms with Crippen LogP contribution in [0, 0.1) is 5.92 Å². The quantitative estimate of drug-likeness (QED) is 0.239. The second kappa shape index (κ2) is 13.0. The van der Waals surface area contributed by atoms with Crippen LogP contribution in [0.15, 0.2) is 59.6 Å². The number of hydrogen-bond donors (Lipinski definition) is 2. The molecule has 8 heteroatoms. The Morgan fingerprint density at radius 2 is 1.91 bits per heavy atom. The minimum Gasteiger partial charge on any atom is -0.457 e. The second-order valence-corrected chi connectivity index (χ2v) is 7.79. The normalized spacial score (nSPS) is 16.1. The fraction of sp³-hybridized carbons (Fsp3) is 0.375. The third-order valence-corrected chi connectivity index (χ3v) is 5.35. The van der Waals surface area contributed by atoms with Crippen LogP contribution < -0.4 is 11.1 Å². The highest BCUT2D eigenvalue weighted by Gasteiger charge is 2.23. The molecule has 0 bridgehead atoms. The first-order valence-electron chi connectivity index (χ1n) is 10.6. The third kappa shape index (κ3) is 7.81. The monoisotopic (exact) mass is 550 g/mol. The summed E-state index contributed by atoms with van der Waals surface area (Å²) >= 11 is 0. The number of carbonyl (C=O) groups excluding carboxylic acids is 2. The topological polar surface area (TPSA) is 97.0 Å². The van der Waals surface area contributed by atoms with E-state index in [1.807, 2.05) is 48.5 Å². The Kier molecular flexibility index (Phi) is 10.5. The molecule has 1 aliphatic rings. The Hall–Kier alpha value is -2.62. The number of benzene rings is 2. The van der Waals surface area contributed by atoms with E-state index >= 15 is 0 Å². The van der Waals surface area contributed by atoms with Gasteiger partial charge in [-0.25, -0.2) is 4.79 Å². The van der Waals surface area contributed by atoms with Crippen LogP contribution in [0.4, 0.5) is 0 Å². The summed E-state index contributed by atoms with van der Waals surface area (Å²) < 4.78 is 5.43. The van der Waals surface area contributed by atoms with Gasteiger partial charge in [-0.15, -0.1) is 24.0 Å². The first-order chi connectivity index (χ1) is 15.0. The van der Waals surface area contributed by atoms with Crippen molar-refractivity contribution in [1.29, 1.82) is 0 Å². The van der Waals surface area contributed by atoms with Crippen molar-refractivity contribution < 1.29 is 14.3 Å². The number of ether oxygens (including phenoxy) is 1. The summed E-state index contributed by atoms with van der Waals surface area (Å²) in [6.45, 7) is 2.43.